The van der Waals surface area contributed by atoms with Gasteiger partial charge in [0.1, 0.15) is 4.99 Å². The first-order valence-corrected chi connectivity index (χ1v) is 4.51. The third kappa shape index (κ3) is 1.57. The number of pyridine rings is 1. The van der Waals surface area contributed by atoms with Crippen LogP contribution < -0.4 is 5.48 Å². The van der Waals surface area contributed by atoms with Crippen molar-refractivity contribution in [3.05, 3.63) is 42.1 Å². The molecule has 2 aromatic rings. The van der Waals surface area contributed by atoms with E-state index in [9.17, 15) is 0 Å². The van der Waals surface area contributed by atoms with Gasteiger partial charge in [-0.3, -0.25) is 15.7 Å². The van der Waals surface area contributed by atoms with E-state index in [1.807, 2.05) is 35.8 Å². The smallest absolute Gasteiger partial charge is 0.130 e. The number of nitrogens with zero attached hydrogens (tertiary/aromatic N) is 1. The van der Waals surface area contributed by atoms with Gasteiger partial charge in [0.15, 0.2) is 0 Å². The zero-order valence-electron chi connectivity index (χ0n) is 7.27. The third-order valence-electron chi connectivity index (χ3n) is 1.97. The molecule has 0 saturated carbocycles. The highest BCUT2D eigenvalue weighted by molar-refractivity contribution is 7.80. The van der Waals surface area contributed by atoms with Gasteiger partial charge in [-0.2, -0.15) is 0 Å². The van der Waals surface area contributed by atoms with E-state index in [0.717, 1.165) is 16.5 Å². The first-order valence-electron chi connectivity index (χ1n) is 4.10. The van der Waals surface area contributed by atoms with Crippen LogP contribution >= 0.6 is 12.2 Å². The number of hydrogen-bond donors (Lipinski definition) is 2. The molecule has 70 valence electrons. The fourth-order valence-corrected chi connectivity index (χ4v) is 1.41. The Balaban J connectivity index is 2.56. The van der Waals surface area contributed by atoms with E-state index in [1.54, 1.807) is 6.20 Å². The Morgan fingerprint density at radius 3 is 3.00 bits per heavy atom. The monoisotopic (exact) mass is 204 g/mol. The molecule has 2 N–H and O–H groups in total. The molecule has 0 unspecified atom stereocenters. The van der Waals surface area contributed by atoms with E-state index in [1.165, 1.54) is 0 Å². The van der Waals surface area contributed by atoms with E-state index >= 15 is 0 Å². The lowest BCUT2D eigenvalue weighted by Gasteiger charge is -2.02. The standard InChI is InChI=1S/C10H8N2OS/c13-12-10(14)8-3-4-9-7(6-8)2-1-5-11-9/h1-6,13H,(H,12,14). The third-order valence-corrected chi connectivity index (χ3v) is 2.29. The molecule has 0 spiro atoms. The molecule has 1 aromatic heterocycles. The summed E-state index contributed by atoms with van der Waals surface area (Å²) in [5.41, 5.74) is 3.65. The first-order chi connectivity index (χ1) is 6.81. The lowest BCUT2D eigenvalue weighted by atomic mass is 10.1. The molecule has 0 atom stereocenters. The van der Waals surface area contributed by atoms with Gasteiger partial charge < -0.3 is 0 Å². The minimum absolute atomic E-state index is 0.316. The maximum Gasteiger partial charge on any atom is 0.130 e. The molecule has 2 rings (SSSR count). The number of hydrogen-bond acceptors (Lipinski definition) is 3. The molecule has 0 amide bonds. The Labute approximate surface area is 86.4 Å². The van der Waals surface area contributed by atoms with Crippen LogP contribution in [0.4, 0.5) is 0 Å². The second kappa shape index (κ2) is 3.69. The molecule has 0 aliphatic heterocycles. The van der Waals surface area contributed by atoms with E-state index in [4.69, 9.17) is 17.4 Å². The minimum Gasteiger partial charge on any atom is -0.290 e. The second-order valence-corrected chi connectivity index (χ2v) is 3.26. The van der Waals surface area contributed by atoms with Crippen molar-refractivity contribution in [1.82, 2.24) is 10.5 Å². The summed E-state index contributed by atoms with van der Waals surface area (Å²) in [4.78, 5) is 4.50. The molecule has 3 nitrogen and oxygen atoms in total. The Bertz CT molecular complexity index is 484. The van der Waals surface area contributed by atoms with Gasteiger partial charge in [0.25, 0.3) is 0 Å². The van der Waals surface area contributed by atoms with Crippen molar-refractivity contribution in [2.75, 3.05) is 0 Å². The number of benzene rings is 1. The van der Waals surface area contributed by atoms with Crippen LogP contribution in [0, 0.1) is 0 Å². The van der Waals surface area contributed by atoms with Gasteiger partial charge in [-0.15, -0.1) is 0 Å². The average Bonchev–Trinajstić information content (AvgIpc) is 2.27. The number of thiocarbonyl (C=S) groups is 1. The Morgan fingerprint density at radius 1 is 1.36 bits per heavy atom. The van der Waals surface area contributed by atoms with Gasteiger partial charge in [0.2, 0.25) is 0 Å². The summed E-state index contributed by atoms with van der Waals surface area (Å²) in [6, 6.07) is 9.39. The highest BCUT2D eigenvalue weighted by Gasteiger charge is 2.00. The molecule has 1 aromatic carbocycles. The molecular formula is C10H8N2OS. The predicted octanol–water partition coefficient (Wildman–Crippen LogP) is 1.89. The Kier molecular flexibility index (Phi) is 2.39. The van der Waals surface area contributed by atoms with Crippen molar-refractivity contribution in [2.45, 2.75) is 0 Å². The van der Waals surface area contributed by atoms with E-state index in [0.29, 0.717) is 4.99 Å². The van der Waals surface area contributed by atoms with Gasteiger partial charge in [-0.05, 0) is 24.3 Å². The Morgan fingerprint density at radius 2 is 2.21 bits per heavy atom. The SMILES string of the molecule is ONC(=S)c1ccc2ncccc2c1. The molecule has 4 heteroatoms. The van der Waals surface area contributed by atoms with Crippen molar-refractivity contribution in [2.24, 2.45) is 0 Å². The molecule has 1 heterocycles. The zero-order valence-corrected chi connectivity index (χ0v) is 8.08. The highest BCUT2D eigenvalue weighted by Crippen LogP contribution is 2.13. The highest BCUT2D eigenvalue weighted by atomic mass is 32.1. The lowest BCUT2D eigenvalue weighted by Crippen LogP contribution is -2.16. The van der Waals surface area contributed by atoms with Gasteiger partial charge >= 0.3 is 0 Å². The van der Waals surface area contributed by atoms with Crippen molar-refractivity contribution in [1.29, 1.82) is 0 Å². The summed E-state index contributed by atoms with van der Waals surface area (Å²) in [7, 11) is 0. The van der Waals surface area contributed by atoms with Crippen LogP contribution in [0.15, 0.2) is 36.5 Å². The first kappa shape index (κ1) is 9.05. The largest absolute Gasteiger partial charge is 0.290 e. The van der Waals surface area contributed by atoms with Crippen LogP contribution in [0.2, 0.25) is 0 Å². The topological polar surface area (TPSA) is 45.1 Å². The molecule has 0 saturated heterocycles. The van der Waals surface area contributed by atoms with Crippen LogP contribution in [-0.2, 0) is 0 Å². The zero-order chi connectivity index (χ0) is 9.97. The number of rotatable bonds is 1. The van der Waals surface area contributed by atoms with E-state index < -0.39 is 0 Å². The van der Waals surface area contributed by atoms with Gasteiger partial charge in [-0.25, -0.2) is 0 Å². The summed E-state index contributed by atoms with van der Waals surface area (Å²) in [6.07, 6.45) is 1.74. The van der Waals surface area contributed by atoms with Crippen molar-refractivity contribution in [3.63, 3.8) is 0 Å². The summed E-state index contributed by atoms with van der Waals surface area (Å²) < 4.78 is 0. The van der Waals surface area contributed by atoms with Crippen LogP contribution in [0.5, 0.6) is 0 Å². The maximum atomic E-state index is 8.65. The van der Waals surface area contributed by atoms with E-state index in [2.05, 4.69) is 4.98 Å². The van der Waals surface area contributed by atoms with Crippen molar-refractivity contribution >= 4 is 28.1 Å². The number of fused-ring (bicyclic) bond motifs is 1. The van der Waals surface area contributed by atoms with Crippen molar-refractivity contribution < 1.29 is 5.21 Å². The number of nitrogens with one attached hydrogen (secondary N) is 1. The van der Waals surface area contributed by atoms with Crippen LogP contribution in [0.1, 0.15) is 5.56 Å². The minimum atomic E-state index is 0.316. The lowest BCUT2D eigenvalue weighted by molar-refractivity contribution is 0.238. The molecule has 0 radical (unpaired) electrons. The second-order valence-electron chi connectivity index (χ2n) is 2.85. The summed E-state index contributed by atoms with van der Waals surface area (Å²) in [5.74, 6) is 0. The molecular weight excluding hydrogens is 196 g/mol. The molecule has 0 bridgehead atoms. The van der Waals surface area contributed by atoms with Crippen molar-refractivity contribution in [3.8, 4) is 0 Å². The molecule has 0 aliphatic rings. The van der Waals surface area contributed by atoms with Gasteiger partial charge in [-0.1, -0.05) is 18.3 Å². The molecule has 0 fully saturated rings. The van der Waals surface area contributed by atoms with Crippen LogP contribution in [0.3, 0.4) is 0 Å². The Hall–Kier alpha value is -1.52. The molecule has 14 heavy (non-hydrogen) atoms. The number of aromatic nitrogens is 1. The van der Waals surface area contributed by atoms with Crippen LogP contribution in [-0.4, -0.2) is 15.2 Å². The summed E-state index contributed by atoms with van der Waals surface area (Å²) in [5, 5.41) is 9.66. The summed E-state index contributed by atoms with van der Waals surface area (Å²) >= 11 is 4.90. The fourth-order valence-electron chi connectivity index (χ4n) is 1.28. The average molecular weight is 204 g/mol. The summed E-state index contributed by atoms with van der Waals surface area (Å²) in [6.45, 7) is 0. The number of hydroxylamine groups is 1. The quantitative estimate of drug-likeness (QED) is 0.550. The van der Waals surface area contributed by atoms with Crippen LogP contribution in [0.25, 0.3) is 10.9 Å². The maximum absolute atomic E-state index is 8.65. The van der Waals surface area contributed by atoms with Gasteiger partial charge in [0, 0.05) is 17.1 Å². The molecule has 0 aliphatic carbocycles. The normalized spacial score (nSPS) is 10.1. The van der Waals surface area contributed by atoms with E-state index in [-0.39, 0.29) is 0 Å². The van der Waals surface area contributed by atoms with Gasteiger partial charge in [0.05, 0.1) is 5.52 Å². The predicted molar refractivity (Wildman–Crippen MR) is 58.4 cm³/mol. The fraction of sp³-hybridized carbons (Fsp3) is 0.